The summed E-state index contributed by atoms with van der Waals surface area (Å²) >= 11 is 0. The van der Waals surface area contributed by atoms with E-state index in [-0.39, 0.29) is 12.3 Å². The zero-order chi connectivity index (χ0) is 19.6. The van der Waals surface area contributed by atoms with Crippen molar-refractivity contribution in [3.05, 3.63) is 29.3 Å². The van der Waals surface area contributed by atoms with Gasteiger partial charge >= 0.3 is 18.1 Å². The molecule has 3 rings (SSSR count). The van der Waals surface area contributed by atoms with E-state index in [0.29, 0.717) is 29.3 Å². The minimum Gasteiger partial charge on any atom is -0.465 e. The van der Waals surface area contributed by atoms with Crippen molar-refractivity contribution in [1.82, 2.24) is 4.90 Å². The Bertz CT molecular complexity index is 717. The van der Waals surface area contributed by atoms with Crippen LogP contribution in [0.3, 0.4) is 0 Å². The Balaban J connectivity index is 1.91. The van der Waals surface area contributed by atoms with E-state index in [1.165, 1.54) is 18.9 Å². The van der Waals surface area contributed by atoms with Gasteiger partial charge in [0.05, 0.1) is 6.61 Å². The van der Waals surface area contributed by atoms with E-state index in [4.69, 9.17) is 4.74 Å². The third kappa shape index (κ3) is 4.80. The van der Waals surface area contributed by atoms with Crippen LogP contribution in [0.5, 0.6) is 0 Å². The van der Waals surface area contributed by atoms with Crippen LogP contribution < -0.4 is 4.90 Å². The molecule has 1 aromatic carbocycles. The Labute approximate surface area is 156 Å². The van der Waals surface area contributed by atoms with Crippen LogP contribution >= 0.6 is 0 Å². The minimum atomic E-state index is -5.07. The fourth-order valence-electron chi connectivity index (χ4n) is 3.45. The second-order valence-corrected chi connectivity index (χ2v) is 7.04. The van der Waals surface area contributed by atoms with Gasteiger partial charge in [0.25, 0.3) is 0 Å². The van der Waals surface area contributed by atoms with E-state index >= 15 is 0 Å². The van der Waals surface area contributed by atoms with Crippen LogP contribution in [0, 0.1) is 5.92 Å². The van der Waals surface area contributed by atoms with Crippen molar-refractivity contribution in [1.29, 1.82) is 0 Å². The number of hydrogen-bond donors (Lipinski definition) is 0. The molecule has 0 radical (unpaired) electrons. The standard InChI is InChI=1S/C19H23F3N2O3/c1-2-27-17(25)12-24(18(26)19(20,21)22)16-5-3-4-14-8-9-23(11-15(14)16)10-13-6-7-13/h3-5,13H,2,6-12H2,1H3. The number of fused-ring (bicyclic) bond motifs is 1. The average Bonchev–Trinajstić information content (AvgIpc) is 3.42. The molecule has 1 aliphatic heterocycles. The van der Waals surface area contributed by atoms with E-state index in [1.54, 1.807) is 13.0 Å². The number of nitrogens with zero attached hydrogens (tertiary/aromatic N) is 2. The molecule has 1 aromatic rings. The van der Waals surface area contributed by atoms with E-state index < -0.39 is 24.6 Å². The summed E-state index contributed by atoms with van der Waals surface area (Å²) in [5.74, 6) is -2.26. The Kier molecular flexibility index (Phi) is 5.74. The molecule has 8 heteroatoms. The van der Waals surface area contributed by atoms with Gasteiger partial charge in [0, 0.05) is 25.3 Å². The van der Waals surface area contributed by atoms with E-state index in [9.17, 15) is 22.8 Å². The normalized spacial score (nSPS) is 17.3. The average molecular weight is 384 g/mol. The van der Waals surface area contributed by atoms with Crippen molar-refractivity contribution in [3.8, 4) is 0 Å². The van der Waals surface area contributed by atoms with E-state index in [2.05, 4.69) is 4.90 Å². The van der Waals surface area contributed by atoms with Crippen LogP contribution in [0.2, 0.25) is 0 Å². The van der Waals surface area contributed by atoms with Crippen molar-refractivity contribution < 1.29 is 27.5 Å². The molecule has 5 nitrogen and oxygen atoms in total. The lowest BCUT2D eigenvalue weighted by atomic mass is 9.97. The lowest BCUT2D eigenvalue weighted by molar-refractivity contribution is -0.171. The monoisotopic (exact) mass is 384 g/mol. The molecule has 1 heterocycles. The predicted molar refractivity (Wildman–Crippen MR) is 93.2 cm³/mol. The lowest BCUT2D eigenvalue weighted by Crippen LogP contribution is -2.45. The molecule has 0 aromatic heterocycles. The van der Waals surface area contributed by atoms with E-state index in [0.717, 1.165) is 18.7 Å². The van der Waals surface area contributed by atoms with Gasteiger partial charge in [-0.1, -0.05) is 12.1 Å². The molecule has 1 amide bonds. The second kappa shape index (κ2) is 7.88. The van der Waals surface area contributed by atoms with Gasteiger partial charge in [-0.25, -0.2) is 0 Å². The summed E-state index contributed by atoms with van der Waals surface area (Å²) in [6, 6.07) is 4.97. The van der Waals surface area contributed by atoms with Gasteiger partial charge in [0.2, 0.25) is 0 Å². The number of halogens is 3. The molecule has 0 unspecified atom stereocenters. The number of esters is 1. The maximum absolute atomic E-state index is 13.2. The number of hydrogen-bond acceptors (Lipinski definition) is 4. The van der Waals surface area contributed by atoms with Gasteiger partial charge in [-0.05, 0) is 49.3 Å². The van der Waals surface area contributed by atoms with Crippen LogP contribution in [0.15, 0.2) is 18.2 Å². The summed E-state index contributed by atoms with van der Waals surface area (Å²) in [6.45, 7) is 3.08. The minimum absolute atomic E-state index is 0.0367. The first-order valence-corrected chi connectivity index (χ1v) is 9.17. The zero-order valence-corrected chi connectivity index (χ0v) is 15.2. The highest BCUT2D eigenvalue weighted by Crippen LogP contribution is 2.35. The first kappa shape index (κ1) is 19.7. The molecule has 27 heavy (non-hydrogen) atoms. The number of benzene rings is 1. The fraction of sp³-hybridized carbons (Fsp3) is 0.579. The first-order chi connectivity index (χ1) is 12.8. The van der Waals surface area contributed by atoms with Gasteiger partial charge in [-0.2, -0.15) is 13.2 Å². The molecule has 2 aliphatic rings. The highest BCUT2D eigenvalue weighted by molar-refractivity contribution is 6.01. The largest absolute Gasteiger partial charge is 0.471 e. The van der Waals surface area contributed by atoms with Crippen molar-refractivity contribution in [2.24, 2.45) is 5.92 Å². The summed E-state index contributed by atoms with van der Waals surface area (Å²) in [6.07, 6.45) is -1.99. The van der Waals surface area contributed by atoms with Gasteiger partial charge in [0.15, 0.2) is 0 Å². The maximum atomic E-state index is 13.2. The van der Waals surface area contributed by atoms with E-state index in [1.807, 2.05) is 6.07 Å². The third-order valence-electron chi connectivity index (χ3n) is 4.91. The first-order valence-electron chi connectivity index (χ1n) is 9.17. The molecular formula is C19H23F3N2O3. The van der Waals surface area contributed by atoms with Crippen LogP contribution in [0.25, 0.3) is 0 Å². The molecule has 0 saturated heterocycles. The van der Waals surface area contributed by atoms with Gasteiger partial charge in [-0.3, -0.25) is 19.4 Å². The number of amides is 1. The Morgan fingerprint density at radius 1 is 1.30 bits per heavy atom. The lowest BCUT2D eigenvalue weighted by Gasteiger charge is -2.33. The highest BCUT2D eigenvalue weighted by Gasteiger charge is 2.44. The van der Waals surface area contributed by atoms with Crippen LogP contribution in [-0.2, 0) is 27.3 Å². The summed E-state index contributed by atoms with van der Waals surface area (Å²) in [4.78, 5) is 26.6. The quantitative estimate of drug-likeness (QED) is 0.708. The molecule has 1 aliphatic carbocycles. The summed E-state index contributed by atoms with van der Waals surface area (Å²) < 4.78 is 44.2. The highest BCUT2D eigenvalue weighted by atomic mass is 19.4. The Hall–Kier alpha value is -2.09. The number of rotatable bonds is 6. The molecule has 0 spiro atoms. The number of carbonyl (C=O) groups excluding carboxylic acids is 2. The summed E-state index contributed by atoms with van der Waals surface area (Å²) in [5, 5.41) is 0. The molecular weight excluding hydrogens is 361 g/mol. The molecule has 0 atom stereocenters. The van der Waals surface area contributed by atoms with Gasteiger partial charge in [0.1, 0.15) is 6.54 Å². The Morgan fingerprint density at radius 2 is 2.04 bits per heavy atom. The summed E-state index contributed by atoms with van der Waals surface area (Å²) in [7, 11) is 0. The van der Waals surface area contributed by atoms with Crippen LogP contribution in [0.1, 0.15) is 30.9 Å². The SMILES string of the molecule is CCOC(=O)CN(C(=O)C(F)(F)F)c1cccc2c1CN(CC1CC1)CC2. The van der Waals surface area contributed by atoms with Gasteiger partial charge in [-0.15, -0.1) is 0 Å². The number of ether oxygens (including phenoxy) is 1. The maximum Gasteiger partial charge on any atom is 0.471 e. The molecule has 1 saturated carbocycles. The third-order valence-corrected chi connectivity index (χ3v) is 4.91. The molecule has 0 N–H and O–H groups in total. The predicted octanol–water partition coefficient (Wildman–Crippen LogP) is 2.91. The molecule has 1 fully saturated rings. The number of carbonyl (C=O) groups is 2. The van der Waals surface area contributed by atoms with Crippen molar-refractivity contribution in [2.75, 3.05) is 31.1 Å². The topological polar surface area (TPSA) is 49.9 Å². The van der Waals surface area contributed by atoms with Gasteiger partial charge < -0.3 is 4.74 Å². The zero-order valence-electron chi connectivity index (χ0n) is 15.2. The summed E-state index contributed by atoms with van der Waals surface area (Å²) in [5.41, 5.74) is 1.75. The van der Waals surface area contributed by atoms with Crippen molar-refractivity contribution in [3.63, 3.8) is 0 Å². The Morgan fingerprint density at radius 3 is 2.67 bits per heavy atom. The number of alkyl halides is 3. The smallest absolute Gasteiger partial charge is 0.465 e. The second-order valence-electron chi connectivity index (χ2n) is 7.04. The fourth-order valence-corrected chi connectivity index (χ4v) is 3.45. The number of anilines is 1. The molecule has 0 bridgehead atoms. The van der Waals surface area contributed by atoms with Crippen LogP contribution in [0.4, 0.5) is 18.9 Å². The molecule has 148 valence electrons. The van der Waals surface area contributed by atoms with Crippen molar-refractivity contribution in [2.45, 2.75) is 38.9 Å². The van der Waals surface area contributed by atoms with Crippen LogP contribution in [-0.4, -0.2) is 49.2 Å². The van der Waals surface area contributed by atoms with Crippen molar-refractivity contribution >= 4 is 17.6 Å².